The van der Waals surface area contributed by atoms with Crippen molar-refractivity contribution in [2.75, 3.05) is 6.61 Å². The Balaban J connectivity index is 2.10. The van der Waals surface area contributed by atoms with E-state index in [4.69, 9.17) is 4.74 Å². The van der Waals surface area contributed by atoms with Gasteiger partial charge in [0.2, 0.25) is 0 Å². The summed E-state index contributed by atoms with van der Waals surface area (Å²) in [5.41, 5.74) is 1.50. The van der Waals surface area contributed by atoms with Gasteiger partial charge in [0.25, 0.3) is 0 Å². The van der Waals surface area contributed by atoms with Gasteiger partial charge in [0, 0.05) is 5.39 Å². The average Bonchev–Trinajstić information content (AvgIpc) is 2.76. The van der Waals surface area contributed by atoms with Crippen LogP contribution in [0.4, 0.5) is 0 Å². The summed E-state index contributed by atoms with van der Waals surface area (Å²) in [6.45, 7) is 2.55. The van der Waals surface area contributed by atoms with E-state index in [-0.39, 0.29) is 5.97 Å². The Morgan fingerprint density at radius 2 is 2.38 bits per heavy atom. The first-order valence-corrected chi connectivity index (χ1v) is 5.41. The second-order valence-corrected chi connectivity index (χ2v) is 3.66. The van der Waals surface area contributed by atoms with Crippen molar-refractivity contribution in [2.24, 2.45) is 0 Å². The van der Waals surface area contributed by atoms with E-state index in [1.807, 2.05) is 6.07 Å². The molecule has 1 aromatic carbocycles. The Labute approximate surface area is 93.6 Å². The van der Waals surface area contributed by atoms with Crippen molar-refractivity contribution in [3.63, 3.8) is 0 Å². The van der Waals surface area contributed by atoms with Gasteiger partial charge in [-0.1, -0.05) is 13.3 Å². The molecule has 0 unspecified atom stereocenters. The smallest absolute Gasteiger partial charge is 0.338 e. The topological polar surface area (TPSA) is 55.0 Å². The highest BCUT2D eigenvalue weighted by Crippen LogP contribution is 2.13. The first-order valence-electron chi connectivity index (χ1n) is 5.41. The Morgan fingerprint density at radius 1 is 1.50 bits per heavy atom. The number of H-pyrrole nitrogens is 1. The molecule has 1 heterocycles. The third-order valence-corrected chi connectivity index (χ3v) is 2.41. The summed E-state index contributed by atoms with van der Waals surface area (Å²) in [7, 11) is 0. The zero-order valence-corrected chi connectivity index (χ0v) is 9.19. The number of aromatic nitrogens is 2. The van der Waals surface area contributed by atoms with Crippen molar-refractivity contribution < 1.29 is 9.53 Å². The van der Waals surface area contributed by atoms with Crippen molar-refractivity contribution in [1.29, 1.82) is 0 Å². The van der Waals surface area contributed by atoms with E-state index in [1.54, 1.807) is 18.3 Å². The number of rotatable bonds is 4. The number of hydrogen-bond acceptors (Lipinski definition) is 3. The lowest BCUT2D eigenvalue weighted by molar-refractivity contribution is 0.0500. The van der Waals surface area contributed by atoms with Crippen LogP contribution in [0, 0.1) is 0 Å². The van der Waals surface area contributed by atoms with Gasteiger partial charge in [-0.25, -0.2) is 4.79 Å². The van der Waals surface area contributed by atoms with Gasteiger partial charge in [-0.2, -0.15) is 5.10 Å². The molecular formula is C12H14N2O2. The number of fused-ring (bicyclic) bond motifs is 1. The van der Waals surface area contributed by atoms with Gasteiger partial charge in [0.15, 0.2) is 0 Å². The maximum Gasteiger partial charge on any atom is 0.338 e. The lowest BCUT2D eigenvalue weighted by Gasteiger charge is -2.03. The molecular weight excluding hydrogens is 204 g/mol. The molecule has 0 bridgehead atoms. The standard InChI is InChI=1S/C12H14N2O2/c1-2-3-6-16-12(15)9-4-5-11-10(7-9)8-13-14-11/h4-5,7-8H,2-3,6H2,1H3,(H,13,14). The molecule has 84 valence electrons. The van der Waals surface area contributed by atoms with Crippen molar-refractivity contribution in [1.82, 2.24) is 10.2 Å². The maximum atomic E-state index is 11.6. The van der Waals surface area contributed by atoms with Crippen LogP contribution in [0.15, 0.2) is 24.4 Å². The minimum absolute atomic E-state index is 0.267. The second kappa shape index (κ2) is 4.79. The van der Waals surface area contributed by atoms with E-state index in [2.05, 4.69) is 17.1 Å². The lowest BCUT2D eigenvalue weighted by atomic mass is 10.1. The highest BCUT2D eigenvalue weighted by Gasteiger charge is 2.07. The summed E-state index contributed by atoms with van der Waals surface area (Å²) in [5.74, 6) is -0.267. The number of ether oxygens (including phenoxy) is 1. The van der Waals surface area contributed by atoms with Crippen LogP contribution in [0.25, 0.3) is 10.9 Å². The van der Waals surface area contributed by atoms with Crippen LogP contribution in [-0.4, -0.2) is 22.8 Å². The molecule has 1 N–H and O–H groups in total. The number of carbonyl (C=O) groups is 1. The van der Waals surface area contributed by atoms with Crippen molar-refractivity contribution in [3.05, 3.63) is 30.0 Å². The molecule has 2 rings (SSSR count). The molecule has 1 aromatic heterocycles. The predicted molar refractivity (Wildman–Crippen MR) is 61.3 cm³/mol. The molecule has 0 aliphatic carbocycles. The van der Waals surface area contributed by atoms with Crippen LogP contribution in [0.5, 0.6) is 0 Å². The number of benzene rings is 1. The molecule has 0 spiro atoms. The highest BCUT2D eigenvalue weighted by molar-refractivity contribution is 5.94. The summed E-state index contributed by atoms with van der Waals surface area (Å²) in [6.07, 6.45) is 3.62. The normalized spacial score (nSPS) is 10.6. The van der Waals surface area contributed by atoms with Crippen LogP contribution in [0.1, 0.15) is 30.1 Å². The van der Waals surface area contributed by atoms with Gasteiger partial charge in [-0.05, 0) is 24.6 Å². The molecule has 0 amide bonds. The number of carbonyl (C=O) groups excluding carboxylic acids is 1. The first-order chi connectivity index (χ1) is 7.81. The maximum absolute atomic E-state index is 11.6. The summed E-state index contributed by atoms with van der Waals surface area (Å²) in [6, 6.07) is 5.36. The molecule has 0 fully saturated rings. The zero-order chi connectivity index (χ0) is 11.4. The fourth-order valence-electron chi connectivity index (χ4n) is 1.46. The molecule has 2 aromatic rings. The van der Waals surface area contributed by atoms with Gasteiger partial charge < -0.3 is 4.74 Å². The summed E-state index contributed by atoms with van der Waals surface area (Å²) < 4.78 is 5.12. The Hall–Kier alpha value is -1.84. The average molecular weight is 218 g/mol. The lowest BCUT2D eigenvalue weighted by Crippen LogP contribution is -2.05. The zero-order valence-electron chi connectivity index (χ0n) is 9.19. The largest absolute Gasteiger partial charge is 0.462 e. The second-order valence-electron chi connectivity index (χ2n) is 3.66. The third kappa shape index (κ3) is 2.21. The van der Waals surface area contributed by atoms with Gasteiger partial charge in [0.05, 0.1) is 23.9 Å². The molecule has 0 aliphatic heterocycles. The number of esters is 1. The van der Waals surface area contributed by atoms with E-state index >= 15 is 0 Å². The number of nitrogens with one attached hydrogen (secondary N) is 1. The van der Waals surface area contributed by atoms with Gasteiger partial charge in [-0.15, -0.1) is 0 Å². The van der Waals surface area contributed by atoms with E-state index in [0.717, 1.165) is 23.7 Å². The number of unbranched alkanes of at least 4 members (excludes halogenated alkanes) is 1. The van der Waals surface area contributed by atoms with E-state index in [1.165, 1.54) is 0 Å². The van der Waals surface area contributed by atoms with Crippen molar-refractivity contribution in [2.45, 2.75) is 19.8 Å². The van der Waals surface area contributed by atoms with E-state index in [9.17, 15) is 4.79 Å². The van der Waals surface area contributed by atoms with Crippen molar-refractivity contribution in [3.8, 4) is 0 Å². The first kappa shape index (κ1) is 10.7. The van der Waals surface area contributed by atoms with E-state index in [0.29, 0.717) is 12.2 Å². The van der Waals surface area contributed by atoms with Gasteiger partial charge in [-0.3, -0.25) is 5.10 Å². The molecule has 0 aliphatic rings. The van der Waals surface area contributed by atoms with Gasteiger partial charge in [0.1, 0.15) is 0 Å². The molecule has 0 radical (unpaired) electrons. The molecule has 0 saturated heterocycles. The monoisotopic (exact) mass is 218 g/mol. The summed E-state index contributed by atoms with van der Waals surface area (Å²) >= 11 is 0. The van der Waals surface area contributed by atoms with Crippen LogP contribution in [0.3, 0.4) is 0 Å². The summed E-state index contributed by atoms with van der Waals surface area (Å²) in [5, 5.41) is 7.66. The van der Waals surface area contributed by atoms with Gasteiger partial charge >= 0.3 is 5.97 Å². The predicted octanol–water partition coefficient (Wildman–Crippen LogP) is 2.52. The Kier molecular flexibility index (Phi) is 3.19. The number of aromatic amines is 1. The minimum atomic E-state index is -0.267. The quantitative estimate of drug-likeness (QED) is 0.633. The molecule has 0 saturated carbocycles. The fraction of sp³-hybridized carbons (Fsp3) is 0.333. The SMILES string of the molecule is CCCCOC(=O)c1ccc2[nH]ncc2c1. The highest BCUT2D eigenvalue weighted by atomic mass is 16.5. The number of nitrogens with zero attached hydrogens (tertiary/aromatic N) is 1. The third-order valence-electron chi connectivity index (χ3n) is 2.41. The van der Waals surface area contributed by atoms with Crippen molar-refractivity contribution >= 4 is 16.9 Å². The Bertz CT molecular complexity index is 490. The molecule has 0 atom stereocenters. The number of hydrogen-bond donors (Lipinski definition) is 1. The van der Waals surface area contributed by atoms with E-state index < -0.39 is 0 Å². The summed E-state index contributed by atoms with van der Waals surface area (Å²) in [4.78, 5) is 11.6. The Morgan fingerprint density at radius 3 is 3.19 bits per heavy atom. The van der Waals surface area contributed by atoms with Crippen LogP contribution < -0.4 is 0 Å². The molecule has 4 nitrogen and oxygen atoms in total. The minimum Gasteiger partial charge on any atom is -0.462 e. The van der Waals surface area contributed by atoms with Crippen LogP contribution >= 0.6 is 0 Å². The van der Waals surface area contributed by atoms with Crippen LogP contribution in [-0.2, 0) is 4.74 Å². The fourth-order valence-corrected chi connectivity index (χ4v) is 1.46. The van der Waals surface area contributed by atoms with Crippen LogP contribution in [0.2, 0.25) is 0 Å². The molecule has 4 heteroatoms. The molecule has 16 heavy (non-hydrogen) atoms.